The minimum atomic E-state index is 0.426. The second kappa shape index (κ2) is 7.72. The second-order valence-corrected chi connectivity index (χ2v) is 5.26. The van der Waals surface area contributed by atoms with Crippen LogP contribution in [0.3, 0.4) is 0 Å². The van der Waals surface area contributed by atoms with Gasteiger partial charge in [-0.1, -0.05) is 37.0 Å². The summed E-state index contributed by atoms with van der Waals surface area (Å²) < 4.78 is 10.9. The summed E-state index contributed by atoms with van der Waals surface area (Å²) in [5, 5.41) is 0.858. The lowest BCUT2D eigenvalue weighted by atomic mass is 10.1. The van der Waals surface area contributed by atoms with Crippen LogP contribution in [0.15, 0.2) is 12.1 Å². The molecule has 0 aliphatic rings. The van der Waals surface area contributed by atoms with Crippen molar-refractivity contribution in [1.82, 2.24) is 0 Å². The Balaban J connectivity index is 2.29. The van der Waals surface area contributed by atoms with Crippen LogP contribution in [0.4, 0.5) is 5.69 Å². The molecule has 0 amide bonds. The van der Waals surface area contributed by atoms with Gasteiger partial charge in [-0.2, -0.15) is 0 Å². The maximum atomic E-state index is 5.88. The van der Waals surface area contributed by atoms with Gasteiger partial charge in [0.15, 0.2) is 0 Å². The first-order chi connectivity index (χ1) is 8.50. The first kappa shape index (κ1) is 15.4. The predicted molar refractivity (Wildman–Crippen MR) is 76.6 cm³/mol. The summed E-state index contributed by atoms with van der Waals surface area (Å²) in [7, 11) is 0. The monoisotopic (exact) mass is 291 g/mol. The molecule has 0 fully saturated rings. The van der Waals surface area contributed by atoms with Crippen molar-refractivity contribution in [2.24, 2.45) is 5.92 Å². The van der Waals surface area contributed by atoms with Gasteiger partial charge in [0, 0.05) is 12.7 Å². The fraction of sp³-hybridized carbons (Fsp3) is 0.538. The summed E-state index contributed by atoms with van der Waals surface area (Å²) in [6.45, 7) is 6.05. The zero-order valence-electron chi connectivity index (χ0n) is 10.7. The highest BCUT2D eigenvalue weighted by Gasteiger charge is 2.06. The molecule has 18 heavy (non-hydrogen) atoms. The number of hydrogen-bond acceptors (Lipinski definition) is 3. The highest BCUT2D eigenvalue weighted by atomic mass is 35.5. The van der Waals surface area contributed by atoms with Gasteiger partial charge < -0.3 is 15.2 Å². The molecule has 0 spiro atoms. The van der Waals surface area contributed by atoms with Crippen molar-refractivity contribution in [3.05, 3.63) is 22.2 Å². The van der Waals surface area contributed by atoms with Crippen molar-refractivity contribution in [2.45, 2.75) is 20.3 Å². The third-order valence-corrected chi connectivity index (χ3v) is 3.10. The average Bonchev–Trinajstić information content (AvgIpc) is 2.29. The molecule has 0 heterocycles. The minimum absolute atomic E-state index is 0.426. The quantitative estimate of drug-likeness (QED) is 0.610. The number of hydrogen-bond donors (Lipinski definition) is 1. The van der Waals surface area contributed by atoms with Crippen LogP contribution < -0.4 is 10.5 Å². The molecule has 1 rings (SSSR count). The number of halogens is 2. The Hall–Kier alpha value is -0.640. The topological polar surface area (TPSA) is 44.5 Å². The zero-order chi connectivity index (χ0) is 13.5. The Morgan fingerprint density at radius 2 is 1.78 bits per heavy atom. The highest BCUT2D eigenvalue weighted by molar-refractivity contribution is 6.42. The molecule has 3 nitrogen and oxygen atoms in total. The normalized spacial score (nSPS) is 10.9. The van der Waals surface area contributed by atoms with E-state index >= 15 is 0 Å². The van der Waals surface area contributed by atoms with Crippen LogP contribution in [0.1, 0.15) is 20.3 Å². The van der Waals surface area contributed by atoms with Crippen molar-refractivity contribution >= 4 is 28.9 Å². The van der Waals surface area contributed by atoms with Gasteiger partial charge in [0.2, 0.25) is 0 Å². The van der Waals surface area contributed by atoms with E-state index in [4.69, 9.17) is 38.4 Å². The van der Waals surface area contributed by atoms with E-state index in [9.17, 15) is 0 Å². The number of nitrogen functional groups attached to an aromatic ring is 1. The third-order valence-electron chi connectivity index (χ3n) is 2.38. The number of nitrogens with two attached hydrogens (primary N) is 1. The largest absolute Gasteiger partial charge is 0.489 e. The molecule has 0 atom stereocenters. The van der Waals surface area contributed by atoms with Gasteiger partial charge in [-0.15, -0.1) is 0 Å². The van der Waals surface area contributed by atoms with E-state index in [1.54, 1.807) is 12.1 Å². The van der Waals surface area contributed by atoms with Gasteiger partial charge in [0.1, 0.15) is 12.4 Å². The first-order valence-electron chi connectivity index (χ1n) is 5.95. The van der Waals surface area contributed by atoms with Crippen LogP contribution in [0.5, 0.6) is 5.75 Å². The Morgan fingerprint density at radius 3 is 2.44 bits per heavy atom. The van der Waals surface area contributed by atoms with Crippen molar-refractivity contribution in [1.29, 1.82) is 0 Å². The van der Waals surface area contributed by atoms with E-state index in [1.807, 2.05) is 0 Å². The van der Waals surface area contributed by atoms with Crippen LogP contribution in [-0.2, 0) is 4.74 Å². The summed E-state index contributed by atoms with van der Waals surface area (Å²) in [5.41, 5.74) is 6.24. The molecule has 1 aromatic carbocycles. The SMILES string of the molecule is CC(C)CCOCCOc1cc(Cl)c(Cl)cc1N. The van der Waals surface area contributed by atoms with E-state index in [2.05, 4.69) is 13.8 Å². The molecule has 0 aromatic heterocycles. The molecule has 0 aliphatic heterocycles. The Morgan fingerprint density at radius 1 is 1.11 bits per heavy atom. The maximum absolute atomic E-state index is 5.88. The van der Waals surface area contributed by atoms with E-state index in [1.165, 1.54) is 0 Å². The molecule has 0 bridgehead atoms. The summed E-state index contributed by atoms with van der Waals surface area (Å²) >= 11 is 11.7. The fourth-order valence-electron chi connectivity index (χ4n) is 1.30. The molecule has 102 valence electrons. The molecule has 0 aliphatic carbocycles. The molecule has 5 heteroatoms. The maximum Gasteiger partial charge on any atom is 0.143 e. The molecule has 1 aromatic rings. The number of ether oxygens (including phenoxy) is 2. The van der Waals surface area contributed by atoms with Crippen LogP contribution >= 0.6 is 23.2 Å². The minimum Gasteiger partial charge on any atom is -0.489 e. The third kappa shape index (κ3) is 5.34. The van der Waals surface area contributed by atoms with Gasteiger partial charge in [0.25, 0.3) is 0 Å². The Kier molecular flexibility index (Phi) is 6.61. The van der Waals surface area contributed by atoms with Crippen LogP contribution in [0, 0.1) is 5.92 Å². The second-order valence-electron chi connectivity index (χ2n) is 4.45. The number of benzene rings is 1. The first-order valence-corrected chi connectivity index (χ1v) is 6.71. The smallest absolute Gasteiger partial charge is 0.143 e. The number of rotatable bonds is 7. The lowest BCUT2D eigenvalue weighted by Crippen LogP contribution is -2.09. The molecular weight excluding hydrogens is 273 g/mol. The molecule has 2 N–H and O–H groups in total. The summed E-state index contributed by atoms with van der Waals surface area (Å²) in [6.07, 6.45) is 1.05. The van der Waals surface area contributed by atoms with E-state index < -0.39 is 0 Å². The zero-order valence-corrected chi connectivity index (χ0v) is 12.2. The fourth-order valence-corrected chi connectivity index (χ4v) is 1.63. The summed E-state index contributed by atoms with van der Waals surface area (Å²) in [4.78, 5) is 0. The van der Waals surface area contributed by atoms with Crippen LogP contribution in [-0.4, -0.2) is 19.8 Å². The van der Waals surface area contributed by atoms with Gasteiger partial charge in [-0.25, -0.2) is 0 Å². The van der Waals surface area contributed by atoms with E-state index in [0.717, 1.165) is 13.0 Å². The molecule has 0 saturated heterocycles. The molecule has 0 saturated carbocycles. The molecule has 0 unspecified atom stereocenters. The van der Waals surface area contributed by atoms with Gasteiger partial charge in [-0.05, 0) is 18.4 Å². The van der Waals surface area contributed by atoms with Gasteiger partial charge in [-0.3, -0.25) is 0 Å². The Labute approximate surface area is 118 Å². The molecule has 0 radical (unpaired) electrons. The van der Waals surface area contributed by atoms with Crippen molar-refractivity contribution in [3.63, 3.8) is 0 Å². The average molecular weight is 292 g/mol. The number of anilines is 1. The van der Waals surface area contributed by atoms with E-state index in [0.29, 0.717) is 40.6 Å². The standard InChI is InChI=1S/C13H19Cl2NO2/c1-9(2)3-4-17-5-6-18-13-8-11(15)10(14)7-12(13)16/h7-9H,3-6,16H2,1-2H3. The van der Waals surface area contributed by atoms with Gasteiger partial charge >= 0.3 is 0 Å². The lowest BCUT2D eigenvalue weighted by Gasteiger charge is -2.11. The molecular formula is C13H19Cl2NO2. The predicted octanol–water partition coefficient (Wildman–Crippen LogP) is 4.02. The summed E-state index contributed by atoms with van der Waals surface area (Å²) in [5.74, 6) is 1.19. The van der Waals surface area contributed by atoms with Crippen LogP contribution in [0.2, 0.25) is 10.0 Å². The highest BCUT2D eigenvalue weighted by Crippen LogP contribution is 2.32. The van der Waals surface area contributed by atoms with Crippen molar-refractivity contribution < 1.29 is 9.47 Å². The Bertz CT molecular complexity index is 383. The van der Waals surface area contributed by atoms with Gasteiger partial charge in [0.05, 0.1) is 22.3 Å². The van der Waals surface area contributed by atoms with E-state index in [-0.39, 0.29) is 0 Å². The lowest BCUT2D eigenvalue weighted by molar-refractivity contribution is 0.0928. The van der Waals surface area contributed by atoms with Crippen LogP contribution in [0.25, 0.3) is 0 Å². The van der Waals surface area contributed by atoms with Crippen molar-refractivity contribution in [3.8, 4) is 5.75 Å². The van der Waals surface area contributed by atoms with Crippen molar-refractivity contribution in [2.75, 3.05) is 25.6 Å². The summed E-state index contributed by atoms with van der Waals surface area (Å²) in [6, 6.07) is 3.20.